The van der Waals surface area contributed by atoms with E-state index in [0.717, 1.165) is 11.4 Å². The molecule has 0 spiro atoms. The number of hydrogen-bond donors (Lipinski definition) is 1. The maximum absolute atomic E-state index is 5.84. The molecule has 0 saturated heterocycles. The number of halogens is 1. The first kappa shape index (κ1) is 12.9. The van der Waals surface area contributed by atoms with Gasteiger partial charge in [0.2, 0.25) is 0 Å². The van der Waals surface area contributed by atoms with Gasteiger partial charge in [0.25, 0.3) is 0 Å². The summed E-state index contributed by atoms with van der Waals surface area (Å²) in [6, 6.07) is 17.4. The highest BCUT2D eigenvalue weighted by atomic mass is 35.5. The summed E-state index contributed by atoms with van der Waals surface area (Å²) in [5.74, 6) is 0. The predicted molar refractivity (Wildman–Crippen MR) is 82.5 cm³/mol. The lowest BCUT2D eigenvalue weighted by Crippen LogP contribution is -2.30. The molecule has 0 saturated carbocycles. The molecule has 0 aliphatic carbocycles. The normalized spacial score (nSPS) is 9.89. The van der Waals surface area contributed by atoms with E-state index in [1.807, 2.05) is 66.5 Å². The van der Waals surface area contributed by atoms with Crippen LogP contribution in [0.3, 0.4) is 0 Å². The van der Waals surface area contributed by atoms with Crippen molar-refractivity contribution in [2.75, 3.05) is 17.3 Å². The summed E-state index contributed by atoms with van der Waals surface area (Å²) in [7, 11) is 1.93. The van der Waals surface area contributed by atoms with Crippen LogP contribution in [0.15, 0.2) is 54.6 Å². The van der Waals surface area contributed by atoms with Gasteiger partial charge in [-0.05, 0) is 48.6 Å². The molecule has 1 N–H and O–H groups in total. The molecule has 92 valence electrons. The number of hydrogen-bond acceptors (Lipinski definition) is 1. The van der Waals surface area contributed by atoms with Crippen molar-refractivity contribution in [2.24, 2.45) is 0 Å². The van der Waals surface area contributed by atoms with Crippen molar-refractivity contribution in [1.82, 2.24) is 0 Å². The smallest absolute Gasteiger partial charge is 0.177 e. The van der Waals surface area contributed by atoms with E-state index in [4.69, 9.17) is 23.8 Å². The summed E-state index contributed by atoms with van der Waals surface area (Å²) in [5.41, 5.74) is 1.97. The second-order valence-corrected chi connectivity index (χ2v) is 4.65. The molecule has 0 unspecified atom stereocenters. The zero-order valence-electron chi connectivity index (χ0n) is 9.93. The molecule has 2 aromatic carbocycles. The third-order valence-corrected chi connectivity index (χ3v) is 3.17. The van der Waals surface area contributed by atoms with E-state index in [1.165, 1.54) is 0 Å². The van der Waals surface area contributed by atoms with Crippen LogP contribution in [-0.4, -0.2) is 12.2 Å². The van der Waals surface area contributed by atoms with Gasteiger partial charge in [-0.2, -0.15) is 0 Å². The number of benzene rings is 2. The second-order valence-electron chi connectivity index (χ2n) is 3.83. The second kappa shape index (κ2) is 5.85. The number of nitrogens with zero attached hydrogens (tertiary/aromatic N) is 1. The average molecular weight is 277 g/mol. The van der Waals surface area contributed by atoms with Gasteiger partial charge in [0.05, 0.1) is 0 Å². The van der Waals surface area contributed by atoms with Gasteiger partial charge in [-0.3, -0.25) is 0 Å². The molecule has 2 nitrogen and oxygen atoms in total. The maximum atomic E-state index is 5.84. The molecule has 0 aromatic heterocycles. The summed E-state index contributed by atoms with van der Waals surface area (Å²) in [6.45, 7) is 0. The zero-order valence-corrected chi connectivity index (χ0v) is 11.5. The molecule has 0 bridgehead atoms. The van der Waals surface area contributed by atoms with Gasteiger partial charge in [0, 0.05) is 23.4 Å². The van der Waals surface area contributed by atoms with E-state index < -0.39 is 0 Å². The molecular weight excluding hydrogens is 264 g/mol. The highest BCUT2D eigenvalue weighted by Crippen LogP contribution is 2.16. The number of nitrogens with one attached hydrogen (secondary N) is 1. The Labute approximate surface area is 117 Å². The molecule has 2 aromatic rings. The van der Waals surface area contributed by atoms with Crippen molar-refractivity contribution in [3.63, 3.8) is 0 Å². The molecule has 0 heterocycles. The quantitative estimate of drug-likeness (QED) is 0.829. The van der Waals surface area contributed by atoms with Gasteiger partial charge in [-0.15, -0.1) is 0 Å². The van der Waals surface area contributed by atoms with E-state index in [-0.39, 0.29) is 0 Å². The lowest BCUT2D eigenvalue weighted by Gasteiger charge is -2.21. The van der Waals surface area contributed by atoms with Crippen LogP contribution in [0.25, 0.3) is 0 Å². The summed E-state index contributed by atoms with van der Waals surface area (Å²) in [4.78, 5) is 1.92. The van der Waals surface area contributed by atoms with Gasteiger partial charge in [0.15, 0.2) is 5.11 Å². The number of thiocarbonyl (C=S) groups is 1. The van der Waals surface area contributed by atoms with E-state index in [9.17, 15) is 0 Å². The Morgan fingerprint density at radius 1 is 1.06 bits per heavy atom. The Morgan fingerprint density at radius 2 is 1.67 bits per heavy atom. The fourth-order valence-corrected chi connectivity index (χ4v) is 1.86. The first-order valence-electron chi connectivity index (χ1n) is 5.52. The highest BCUT2D eigenvalue weighted by molar-refractivity contribution is 7.80. The molecule has 0 fully saturated rings. The summed E-state index contributed by atoms with van der Waals surface area (Å²) in [6.07, 6.45) is 0. The van der Waals surface area contributed by atoms with Crippen LogP contribution in [0.2, 0.25) is 5.02 Å². The van der Waals surface area contributed by atoms with Crippen molar-refractivity contribution in [3.8, 4) is 0 Å². The Hall–Kier alpha value is -1.58. The average Bonchev–Trinajstić information content (AvgIpc) is 2.41. The highest BCUT2D eigenvalue weighted by Gasteiger charge is 2.06. The molecule has 0 aliphatic rings. The molecule has 0 aliphatic heterocycles. The monoisotopic (exact) mass is 276 g/mol. The minimum atomic E-state index is 0.642. The van der Waals surface area contributed by atoms with Crippen molar-refractivity contribution < 1.29 is 0 Å². The summed E-state index contributed by atoms with van der Waals surface area (Å²) < 4.78 is 0. The number of anilines is 2. The van der Waals surface area contributed by atoms with Crippen LogP contribution in [0.4, 0.5) is 11.4 Å². The lowest BCUT2D eigenvalue weighted by atomic mass is 10.3. The van der Waals surface area contributed by atoms with E-state index >= 15 is 0 Å². The van der Waals surface area contributed by atoms with Gasteiger partial charge in [-0.25, -0.2) is 0 Å². The molecule has 0 radical (unpaired) electrons. The molecular formula is C14H13ClN2S. The summed E-state index contributed by atoms with van der Waals surface area (Å²) in [5, 5.41) is 4.52. The van der Waals surface area contributed by atoms with E-state index in [1.54, 1.807) is 0 Å². The van der Waals surface area contributed by atoms with Crippen molar-refractivity contribution in [3.05, 3.63) is 59.6 Å². The standard InChI is InChI=1S/C14H13ClN2S/c1-17(13-5-3-2-4-6-13)14(18)16-12-9-7-11(15)8-10-12/h2-10H,1H3,(H,16,18). The Morgan fingerprint density at radius 3 is 2.28 bits per heavy atom. The van der Waals surface area contributed by atoms with E-state index in [2.05, 4.69) is 5.32 Å². The number of rotatable bonds is 2. The lowest BCUT2D eigenvalue weighted by molar-refractivity contribution is 1.28. The van der Waals surface area contributed by atoms with Crippen molar-refractivity contribution in [2.45, 2.75) is 0 Å². The third kappa shape index (κ3) is 3.22. The topological polar surface area (TPSA) is 15.3 Å². The van der Waals surface area contributed by atoms with Crippen LogP contribution < -0.4 is 10.2 Å². The Balaban J connectivity index is 2.06. The van der Waals surface area contributed by atoms with Gasteiger partial charge in [0.1, 0.15) is 0 Å². The molecule has 2 rings (SSSR count). The first-order valence-corrected chi connectivity index (χ1v) is 6.31. The van der Waals surface area contributed by atoms with Crippen LogP contribution in [0.1, 0.15) is 0 Å². The molecule has 4 heteroatoms. The van der Waals surface area contributed by atoms with Crippen LogP contribution in [-0.2, 0) is 0 Å². The van der Waals surface area contributed by atoms with Gasteiger partial charge >= 0.3 is 0 Å². The largest absolute Gasteiger partial charge is 0.332 e. The minimum absolute atomic E-state index is 0.642. The number of para-hydroxylation sites is 1. The fourth-order valence-electron chi connectivity index (χ4n) is 1.51. The first-order chi connectivity index (χ1) is 8.66. The predicted octanol–water partition coefficient (Wildman–Crippen LogP) is 4.17. The summed E-state index contributed by atoms with van der Waals surface area (Å²) >= 11 is 11.2. The van der Waals surface area contributed by atoms with E-state index in [0.29, 0.717) is 10.1 Å². The van der Waals surface area contributed by atoms with Crippen molar-refractivity contribution >= 4 is 40.3 Å². The molecule has 0 atom stereocenters. The minimum Gasteiger partial charge on any atom is -0.332 e. The molecule has 0 amide bonds. The third-order valence-electron chi connectivity index (χ3n) is 2.54. The van der Waals surface area contributed by atoms with Crippen LogP contribution in [0.5, 0.6) is 0 Å². The Bertz CT molecular complexity index is 525. The molecule has 18 heavy (non-hydrogen) atoms. The zero-order chi connectivity index (χ0) is 13.0. The van der Waals surface area contributed by atoms with Crippen molar-refractivity contribution in [1.29, 1.82) is 0 Å². The van der Waals surface area contributed by atoms with Gasteiger partial charge < -0.3 is 10.2 Å². The van der Waals surface area contributed by atoms with Crippen LogP contribution in [0, 0.1) is 0 Å². The fraction of sp³-hybridized carbons (Fsp3) is 0.0714. The SMILES string of the molecule is CN(C(=S)Nc1ccc(Cl)cc1)c1ccccc1. The Kier molecular flexibility index (Phi) is 4.18. The van der Waals surface area contributed by atoms with Crippen LogP contribution >= 0.6 is 23.8 Å². The maximum Gasteiger partial charge on any atom is 0.177 e. The van der Waals surface area contributed by atoms with Gasteiger partial charge in [-0.1, -0.05) is 29.8 Å².